The van der Waals surface area contributed by atoms with E-state index in [-0.39, 0.29) is 18.6 Å². The molecule has 0 spiro atoms. The van der Waals surface area contributed by atoms with Crippen molar-refractivity contribution in [1.29, 1.82) is 0 Å². The van der Waals surface area contributed by atoms with Gasteiger partial charge in [0.15, 0.2) is 5.78 Å². The number of nitrogens with two attached hydrogens (primary N) is 1. The zero-order chi connectivity index (χ0) is 15.1. The lowest BCUT2D eigenvalue weighted by molar-refractivity contribution is -0.143. The van der Waals surface area contributed by atoms with Gasteiger partial charge in [0.25, 0.3) is 0 Å². The lowest BCUT2D eigenvalue weighted by atomic mass is 10.1. The number of thiophene rings is 1. The molecule has 7 nitrogen and oxygen atoms in total. The summed E-state index contributed by atoms with van der Waals surface area (Å²) in [6.07, 6.45) is -0.644. The van der Waals surface area contributed by atoms with Crippen molar-refractivity contribution < 1.29 is 24.3 Å². The normalized spacial score (nSPS) is 11.6. The molecule has 8 heteroatoms. The molecule has 20 heavy (non-hydrogen) atoms. The predicted molar refractivity (Wildman–Crippen MR) is 71.3 cm³/mol. The van der Waals surface area contributed by atoms with Gasteiger partial charge in [-0.3, -0.25) is 14.4 Å². The lowest BCUT2D eigenvalue weighted by Crippen LogP contribution is -2.43. The van der Waals surface area contributed by atoms with Crippen LogP contribution in [0.5, 0.6) is 0 Å². The number of hydrogen-bond donors (Lipinski definition) is 3. The molecule has 1 aromatic heterocycles. The number of ketones is 1. The quantitative estimate of drug-likeness (QED) is 0.589. The van der Waals surface area contributed by atoms with Gasteiger partial charge in [0.1, 0.15) is 6.04 Å². The summed E-state index contributed by atoms with van der Waals surface area (Å²) < 4.78 is 0. The van der Waals surface area contributed by atoms with Gasteiger partial charge in [0, 0.05) is 12.8 Å². The summed E-state index contributed by atoms with van der Waals surface area (Å²) in [5.74, 6) is -2.96. The Hall–Kier alpha value is -2.22. The van der Waals surface area contributed by atoms with Crippen molar-refractivity contribution in [2.24, 2.45) is 5.73 Å². The Kier molecular flexibility index (Phi) is 5.85. The van der Waals surface area contributed by atoms with Crippen molar-refractivity contribution in [2.45, 2.75) is 25.3 Å². The fourth-order valence-electron chi connectivity index (χ4n) is 1.46. The van der Waals surface area contributed by atoms with Gasteiger partial charge in [-0.05, 0) is 11.4 Å². The maximum Gasteiger partial charge on any atom is 0.326 e. The van der Waals surface area contributed by atoms with Crippen molar-refractivity contribution in [3.63, 3.8) is 0 Å². The number of carboxylic acid groups (broad SMARTS) is 1. The minimum Gasteiger partial charge on any atom is -0.480 e. The second-order valence-corrected chi connectivity index (χ2v) is 4.98. The Labute approximate surface area is 118 Å². The third kappa shape index (κ3) is 5.19. The SMILES string of the molecule is NC(=O)CC(NC(=O)CCC(=O)c1cccs1)C(=O)O. The van der Waals surface area contributed by atoms with E-state index >= 15 is 0 Å². The van der Waals surface area contributed by atoms with E-state index in [1.807, 2.05) is 0 Å². The smallest absolute Gasteiger partial charge is 0.326 e. The van der Waals surface area contributed by atoms with Crippen molar-refractivity contribution in [2.75, 3.05) is 0 Å². The zero-order valence-electron chi connectivity index (χ0n) is 10.5. The second kappa shape index (κ2) is 7.39. The van der Waals surface area contributed by atoms with E-state index in [1.165, 1.54) is 11.3 Å². The summed E-state index contributed by atoms with van der Waals surface area (Å²) in [6, 6.07) is 2.01. The average Bonchev–Trinajstić information content (AvgIpc) is 2.88. The number of carbonyl (C=O) groups is 4. The molecule has 0 fully saturated rings. The second-order valence-electron chi connectivity index (χ2n) is 4.03. The number of aliphatic carboxylic acids is 1. The minimum absolute atomic E-state index is 0.0186. The topological polar surface area (TPSA) is 127 Å². The van der Waals surface area contributed by atoms with Crippen LogP contribution in [-0.4, -0.2) is 34.7 Å². The number of carboxylic acids is 1. The maximum atomic E-state index is 11.6. The number of rotatable bonds is 8. The van der Waals surface area contributed by atoms with Crippen molar-refractivity contribution in [1.82, 2.24) is 5.32 Å². The van der Waals surface area contributed by atoms with Gasteiger partial charge >= 0.3 is 5.97 Å². The molecule has 108 valence electrons. The Balaban J connectivity index is 2.44. The van der Waals surface area contributed by atoms with E-state index in [0.717, 1.165) is 0 Å². The van der Waals surface area contributed by atoms with Gasteiger partial charge in [0.05, 0.1) is 11.3 Å². The van der Waals surface area contributed by atoms with Gasteiger partial charge in [-0.1, -0.05) is 6.07 Å². The van der Waals surface area contributed by atoms with Gasteiger partial charge < -0.3 is 16.2 Å². The fraction of sp³-hybridized carbons (Fsp3) is 0.333. The van der Waals surface area contributed by atoms with Crippen molar-refractivity contribution in [3.05, 3.63) is 22.4 Å². The molecule has 1 rings (SSSR count). The molecule has 0 aliphatic rings. The molecule has 0 aliphatic carbocycles. The van der Waals surface area contributed by atoms with Crippen LogP contribution in [0.1, 0.15) is 28.9 Å². The molecule has 4 N–H and O–H groups in total. The first-order chi connectivity index (χ1) is 9.40. The number of amides is 2. The third-order valence-corrected chi connectivity index (χ3v) is 3.32. The Bertz CT molecular complexity index is 512. The average molecular weight is 298 g/mol. The number of carbonyl (C=O) groups excluding carboxylic acids is 3. The standard InChI is InChI=1S/C12H14N2O5S/c13-10(16)6-7(12(18)19)14-11(17)4-3-8(15)9-2-1-5-20-9/h1-2,5,7H,3-4,6H2,(H2,13,16)(H,14,17)(H,18,19). The van der Waals surface area contributed by atoms with Crippen LogP contribution in [0.3, 0.4) is 0 Å². The van der Waals surface area contributed by atoms with Crippen LogP contribution < -0.4 is 11.1 Å². The monoisotopic (exact) mass is 298 g/mol. The summed E-state index contributed by atoms with van der Waals surface area (Å²) in [6.45, 7) is 0. The number of primary amides is 1. The molecule has 0 saturated carbocycles. The first-order valence-corrected chi connectivity index (χ1v) is 6.65. The van der Waals surface area contributed by atoms with Gasteiger partial charge in [-0.2, -0.15) is 0 Å². The minimum atomic E-state index is -1.36. The highest BCUT2D eigenvalue weighted by atomic mass is 32.1. The van der Waals surface area contributed by atoms with Crippen molar-refractivity contribution >= 4 is 34.9 Å². The first kappa shape index (κ1) is 15.8. The molecule has 1 heterocycles. The van der Waals surface area contributed by atoms with E-state index in [9.17, 15) is 19.2 Å². The van der Waals surface area contributed by atoms with Crippen LogP contribution in [0.4, 0.5) is 0 Å². The lowest BCUT2D eigenvalue weighted by Gasteiger charge is -2.12. The van der Waals surface area contributed by atoms with Crippen LogP contribution in [0.15, 0.2) is 17.5 Å². The number of hydrogen-bond acceptors (Lipinski definition) is 5. The molecule has 2 amide bonds. The molecular formula is C12H14N2O5S. The summed E-state index contributed by atoms with van der Waals surface area (Å²) in [4.78, 5) is 45.2. The molecule has 0 saturated heterocycles. The Morgan fingerprint density at radius 2 is 2.00 bits per heavy atom. The predicted octanol–water partition coefficient (Wildman–Crippen LogP) is 0.156. The number of Topliss-reactive ketones (excluding diaryl/α,β-unsaturated/α-hetero) is 1. The summed E-state index contributed by atoms with van der Waals surface area (Å²) in [7, 11) is 0. The highest BCUT2D eigenvalue weighted by molar-refractivity contribution is 7.12. The van der Waals surface area contributed by atoms with Crippen LogP contribution in [0, 0.1) is 0 Å². The largest absolute Gasteiger partial charge is 0.480 e. The molecule has 1 aromatic rings. The molecular weight excluding hydrogens is 284 g/mol. The molecule has 0 bridgehead atoms. The Morgan fingerprint density at radius 1 is 1.30 bits per heavy atom. The van der Waals surface area contributed by atoms with E-state index in [0.29, 0.717) is 4.88 Å². The van der Waals surface area contributed by atoms with E-state index in [4.69, 9.17) is 10.8 Å². The van der Waals surface area contributed by atoms with Gasteiger partial charge in [-0.25, -0.2) is 4.79 Å². The summed E-state index contributed by atoms with van der Waals surface area (Å²) >= 11 is 1.27. The molecule has 0 aromatic carbocycles. The third-order valence-electron chi connectivity index (χ3n) is 2.41. The summed E-state index contributed by atoms with van der Waals surface area (Å²) in [5.41, 5.74) is 4.89. The van der Waals surface area contributed by atoms with E-state index in [2.05, 4.69) is 5.32 Å². The molecule has 0 radical (unpaired) electrons. The molecule has 1 atom stereocenters. The van der Waals surface area contributed by atoms with Crippen LogP contribution in [0.2, 0.25) is 0 Å². The van der Waals surface area contributed by atoms with Crippen molar-refractivity contribution in [3.8, 4) is 0 Å². The zero-order valence-corrected chi connectivity index (χ0v) is 11.3. The van der Waals surface area contributed by atoms with Crippen LogP contribution in [0.25, 0.3) is 0 Å². The van der Waals surface area contributed by atoms with Gasteiger partial charge in [0.2, 0.25) is 11.8 Å². The number of nitrogens with one attached hydrogen (secondary N) is 1. The highest BCUT2D eigenvalue weighted by Crippen LogP contribution is 2.12. The highest BCUT2D eigenvalue weighted by Gasteiger charge is 2.22. The molecule has 1 unspecified atom stereocenters. The van der Waals surface area contributed by atoms with Crippen LogP contribution in [-0.2, 0) is 14.4 Å². The Morgan fingerprint density at radius 3 is 2.50 bits per heavy atom. The van der Waals surface area contributed by atoms with Gasteiger partial charge in [-0.15, -0.1) is 11.3 Å². The molecule has 0 aliphatic heterocycles. The maximum absolute atomic E-state index is 11.6. The van der Waals surface area contributed by atoms with E-state index in [1.54, 1.807) is 17.5 Å². The first-order valence-electron chi connectivity index (χ1n) is 5.77. The fourth-order valence-corrected chi connectivity index (χ4v) is 2.15. The van der Waals surface area contributed by atoms with E-state index < -0.39 is 30.2 Å². The van der Waals surface area contributed by atoms with Crippen LogP contribution >= 0.6 is 11.3 Å². The summed E-state index contributed by atoms with van der Waals surface area (Å²) in [5, 5.41) is 12.7.